The minimum atomic E-state index is -5.53. The summed E-state index contributed by atoms with van der Waals surface area (Å²) in [6, 6.07) is 7.80. The fraction of sp³-hybridized carbons (Fsp3) is 0.158. The minimum absolute atomic E-state index is 0.0319. The van der Waals surface area contributed by atoms with Crippen molar-refractivity contribution in [3.63, 3.8) is 0 Å². The molecular weight excluding hydrogens is 451 g/mol. The number of imide groups is 1. The van der Waals surface area contributed by atoms with Gasteiger partial charge in [0.1, 0.15) is 6.54 Å². The van der Waals surface area contributed by atoms with E-state index in [0.29, 0.717) is 23.5 Å². The van der Waals surface area contributed by atoms with Crippen LogP contribution in [0.25, 0.3) is 5.82 Å². The molecule has 0 bridgehead atoms. The fourth-order valence-corrected chi connectivity index (χ4v) is 3.91. The largest absolute Gasteiger partial charge is 0.501 e. The van der Waals surface area contributed by atoms with Gasteiger partial charge in [0, 0.05) is 25.1 Å². The van der Waals surface area contributed by atoms with E-state index in [4.69, 9.17) is 0 Å². The van der Waals surface area contributed by atoms with Crippen LogP contribution in [0, 0.1) is 0 Å². The van der Waals surface area contributed by atoms with Gasteiger partial charge in [-0.3, -0.25) is 4.79 Å². The molecule has 0 atom stereocenters. The molecule has 1 aromatic carbocycles. The fourth-order valence-electron chi connectivity index (χ4n) is 3.14. The van der Waals surface area contributed by atoms with Crippen LogP contribution in [-0.2, 0) is 21.2 Å². The Kier molecular flexibility index (Phi) is 5.20. The molecule has 0 unspecified atom stereocenters. The van der Waals surface area contributed by atoms with Gasteiger partial charge in [0.25, 0.3) is 15.7 Å². The molecule has 0 spiro atoms. The summed E-state index contributed by atoms with van der Waals surface area (Å²) in [5.74, 6) is -0.0772. The topological polar surface area (TPSA) is 105 Å². The summed E-state index contributed by atoms with van der Waals surface area (Å²) in [6.07, 6.45) is 4.81. The number of carbonyl (C=O) groups is 2. The molecular formula is C19H14F3N5O4S. The number of hydrogen-bond acceptors (Lipinski definition) is 6. The van der Waals surface area contributed by atoms with E-state index in [1.54, 1.807) is 30.6 Å². The van der Waals surface area contributed by atoms with Crippen LogP contribution in [0.2, 0.25) is 0 Å². The lowest BCUT2D eigenvalue weighted by atomic mass is 10.2. The van der Waals surface area contributed by atoms with Crippen molar-refractivity contribution in [2.24, 2.45) is 0 Å². The van der Waals surface area contributed by atoms with Gasteiger partial charge in [0.15, 0.2) is 5.82 Å². The Bertz CT molecular complexity index is 1280. The summed E-state index contributed by atoms with van der Waals surface area (Å²) >= 11 is 0. The zero-order chi connectivity index (χ0) is 23.1. The van der Waals surface area contributed by atoms with E-state index in [9.17, 15) is 31.2 Å². The highest BCUT2D eigenvalue weighted by Gasteiger charge is 2.47. The summed E-state index contributed by atoms with van der Waals surface area (Å²) in [4.78, 5) is 30.5. The summed E-state index contributed by atoms with van der Waals surface area (Å²) in [7, 11) is -5.53. The van der Waals surface area contributed by atoms with Crippen molar-refractivity contribution in [1.82, 2.24) is 19.7 Å². The summed E-state index contributed by atoms with van der Waals surface area (Å²) in [6.45, 7) is -0.167. The van der Waals surface area contributed by atoms with Crippen LogP contribution in [0.15, 0.2) is 66.0 Å². The molecule has 0 radical (unpaired) electrons. The second-order valence-electron chi connectivity index (χ2n) is 6.78. The van der Waals surface area contributed by atoms with E-state index in [-0.39, 0.29) is 18.8 Å². The average molecular weight is 465 g/mol. The first-order valence-corrected chi connectivity index (χ1v) is 10.5. The molecule has 9 nitrogen and oxygen atoms in total. The van der Waals surface area contributed by atoms with Gasteiger partial charge in [-0.25, -0.2) is 27.8 Å². The molecule has 3 amide bonds. The van der Waals surface area contributed by atoms with Crippen molar-refractivity contribution in [3.05, 3.63) is 66.6 Å². The Labute approximate surface area is 179 Å². The molecule has 2 aromatic heterocycles. The second-order valence-corrected chi connectivity index (χ2v) is 8.72. The molecule has 1 saturated heterocycles. The van der Waals surface area contributed by atoms with Gasteiger partial charge in [-0.05, 0) is 48.0 Å². The van der Waals surface area contributed by atoms with Crippen LogP contribution in [0.4, 0.5) is 23.7 Å². The first-order chi connectivity index (χ1) is 15.1. The van der Waals surface area contributed by atoms with Crippen LogP contribution < -0.4 is 4.90 Å². The van der Waals surface area contributed by atoms with Crippen molar-refractivity contribution in [2.75, 3.05) is 11.4 Å². The third kappa shape index (κ3) is 3.82. The number of rotatable bonds is 5. The number of urea groups is 1. The van der Waals surface area contributed by atoms with E-state index < -0.39 is 32.2 Å². The van der Waals surface area contributed by atoms with E-state index in [0.717, 1.165) is 17.0 Å². The maximum atomic E-state index is 12.8. The Balaban J connectivity index is 1.53. The predicted octanol–water partition coefficient (Wildman–Crippen LogP) is 2.53. The van der Waals surface area contributed by atoms with E-state index in [1.165, 1.54) is 15.8 Å². The molecule has 1 fully saturated rings. The van der Waals surface area contributed by atoms with Crippen LogP contribution in [0.3, 0.4) is 0 Å². The number of benzene rings is 1. The molecule has 1 aliphatic rings. The van der Waals surface area contributed by atoms with Crippen molar-refractivity contribution in [3.8, 4) is 5.82 Å². The normalized spacial score (nSPS) is 15.0. The van der Waals surface area contributed by atoms with Gasteiger partial charge in [0.05, 0.1) is 10.6 Å². The number of nitrogens with zero attached hydrogens (tertiary/aromatic N) is 5. The first kappa shape index (κ1) is 21.5. The standard InChI is InChI=1S/C19H14F3N5O4S/c20-19(21,22)32(30,31)15-4-2-14(3-5-15)27-17(28)12-25(18(27)29)11-13-6-8-23-16(10-13)26-9-1-7-24-26/h1-10H,11-12H2. The smallest absolute Gasteiger partial charge is 0.310 e. The van der Waals surface area contributed by atoms with Gasteiger partial charge in [0.2, 0.25) is 0 Å². The minimum Gasteiger partial charge on any atom is -0.310 e. The molecule has 166 valence electrons. The van der Waals surface area contributed by atoms with Gasteiger partial charge in [-0.2, -0.15) is 18.3 Å². The monoisotopic (exact) mass is 465 g/mol. The number of alkyl halides is 3. The zero-order valence-corrected chi connectivity index (χ0v) is 16.9. The number of pyridine rings is 1. The number of amides is 3. The quantitative estimate of drug-likeness (QED) is 0.537. The maximum Gasteiger partial charge on any atom is 0.501 e. The Hall–Kier alpha value is -3.74. The highest BCUT2D eigenvalue weighted by molar-refractivity contribution is 7.92. The van der Waals surface area contributed by atoms with Gasteiger partial charge in [-0.1, -0.05) is 0 Å². The molecule has 0 aliphatic carbocycles. The van der Waals surface area contributed by atoms with Gasteiger partial charge in [-0.15, -0.1) is 0 Å². The van der Waals surface area contributed by atoms with Gasteiger partial charge < -0.3 is 4.90 Å². The predicted molar refractivity (Wildman–Crippen MR) is 104 cm³/mol. The van der Waals surface area contributed by atoms with E-state index in [1.807, 2.05) is 0 Å². The van der Waals surface area contributed by atoms with Crippen molar-refractivity contribution >= 4 is 27.5 Å². The van der Waals surface area contributed by atoms with Crippen LogP contribution >= 0.6 is 0 Å². The molecule has 0 saturated carbocycles. The maximum absolute atomic E-state index is 12.8. The Morgan fingerprint density at radius 1 is 1.03 bits per heavy atom. The van der Waals surface area contributed by atoms with Crippen LogP contribution in [-0.4, -0.2) is 52.1 Å². The molecule has 3 heterocycles. The SMILES string of the molecule is O=C1CN(Cc2ccnc(-n3cccn3)c2)C(=O)N1c1ccc(S(=O)(=O)C(F)(F)F)cc1. The van der Waals surface area contributed by atoms with Crippen molar-refractivity contribution in [2.45, 2.75) is 16.9 Å². The van der Waals surface area contributed by atoms with E-state index in [2.05, 4.69) is 10.1 Å². The Morgan fingerprint density at radius 2 is 1.75 bits per heavy atom. The molecule has 1 aliphatic heterocycles. The lowest BCUT2D eigenvalue weighted by Gasteiger charge is -2.18. The lowest BCUT2D eigenvalue weighted by molar-refractivity contribution is -0.116. The summed E-state index contributed by atoms with van der Waals surface area (Å²) in [5, 5.41) is 4.08. The van der Waals surface area contributed by atoms with E-state index >= 15 is 0 Å². The van der Waals surface area contributed by atoms with Crippen molar-refractivity contribution in [1.29, 1.82) is 0 Å². The zero-order valence-electron chi connectivity index (χ0n) is 16.1. The third-order valence-electron chi connectivity index (χ3n) is 4.67. The van der Waals surface area contributed by atoms with Crippen LogP contribution in [0.1, 0.15) is 5.56 Å². The summed E-state index contributed by atoms with van der Waals surface area (Å²) < 4.78 is 62.6. The molecule has 3 aromatic rings. The van der Waals surface area contributed by atoms with Gasteiger partial charge >= 0.3 is 11.5 Å². The summed E-state index contributed by atoms with van der Waals surface area (Å²) in [5.41, 5.74) is -4.81. The Morgan fingerprint density at radius 3 is 2.38 bits per heavy atom. The second kappa shape index (κ2) is 7.75. The lowest BCUT2D eigenvalue weighted by Crippen LogP contribution is -2.32. The number of halogens is 3. The number of anilines is 1. The molecule has 4 rings (SSSR count). The number of carbonyl (C=O) groups excluding carboxylic acids is 2. The number of hydrogen-bond donors (Lipinski definition) is 0. The highest BCUT2D eigenvalue weighted by atomic mass is 32.2. The average Bonchev–Trinajstić information content (AvgIpc) is 3.36. The van der Waals surface area contributed by atoms with Crippen molar-refractivity contribution < 1.29 is 31.2 Å². The number of sulfone groups is 1. The van der Waals surface area contributed by atoms with Crippen LogP contribution in [0.5, 0.6) is 0 Å². The highest BCUT2D eigenvalue weighted by Crippen LogP contribution is 2.32. The molecule has 13 heteroatoms. The number of aromatic nitrogens is 3. The molecule has 32 heavy (non-hydrogen) atoms. The first-order valence-electron chi connectivity index (χ1n) is 9.06. The third-order valence-corrected chi connectivity index (χ3v) is 6.17. The molecule has 0 N–H and O–H groups in total.